The fraction of sp³-hybridized carbons (Fsp3) is 0.643. The van der Waals surface area contributed by atoms with Crippen LogP contribution in [0, 0.1) is 0 Å². The summed E-state index contributed by atoms with van der Waals surface area (Å²) in [5.41, 5.74) is 1.24. The minimum Gasteiger partial charge on any atom is -0.391 e. The molecule has 1 aromatic rings. The third-order valence-corrected chi connectivity index (χ3v) is 3.70. The molecule has 18 heavy (non-hydrogen) atoms. The van der Waals surface area contributed by atoms with E-state index < -0.39 is 0 Å². The summed E-state index contributed by atoms with van der Waals surface area (Å²) in [5, 5.41) is 13.2. The lowest BCUT2D eigenvalue weighted by Crippen LogP contribution is -2.38. The van der Waals surface area contributed by atoms with E-state index in [2.05, 4.69) is 27.3 Å². The van der Waals surface area contributed by atoms with Crippen molar-refractivity contribution in [3.8, 4) is 0 Å². The number of aromatic nitrogens is 1. The Morgan fingerprint density at radius 2 is 2.22 bits per heavy atom. The smallest absolute Gasteiger partial charge is 0.128 e. The van der Waals surface area contributed by atoms with Crippen molar-refractivity contribution in [3.05, 3.63) is 23.9 Å². The van der Waals surface area contributed by atoms with Gasteiger partial charge < -0.3 is 15.3 Å². The van der Waals surface area contributed by atoms with Gasteiger partial charge in [0.1, 0.15) is 5.82 Å². The van der Waals surface area contributed by atoms with Crippen LogP contribution in [0.25, 0.3) is 0 Å². The molecule has 1 aromatic heterocycles. The summed E-state index contributed by atoms with van der Waals surface area (Å²) in [6, 6.07) is 4.95. The van der Waals surface area contributed by atoms with E-state index in [4.69, 9.17) is 0 Å². The number of pyridine rings is 1. The Bertz CT molecular complexity index is 389. The highest BCUT2D eigenvalue weighted by molar-refractivity contribution is 5.40. The lowest BCUT2D eigenvalue weighted by Gasteiger charge is -2.31. The van der Waals surface area contributed by atoms with Gasteiger partial charge in [-0.05, 0) is 37.3 Å². The number of hydrogen-bond acceptors (Lipinski definition) is 4. The molecule has 1 atom stereocenters. The maximum atomic E-state index is 9.67. The molecule has 2 heterocycles. The molecule has 1 aliphatic heterocycles. The van der Waals surface area contributed by atoms with Crippen molar-refractivity contribution < 1.29 is 5.11 Å². The number of piperidine rings is 1. The highest BCUT2D eigenvalue weighted by Gasteiger charge is 2.20. The van der Waals surface area contributed by atoms with Crippen LogP contribution >= 0.6 is 0 Å². The first-order valence-corrected chi connectivity index (χ1v) is 6.92. The molecular formula is C14H21N3O. The largest absolute Gasteiger partial charge is 0.391 e. The highest BCUT2D eigenvalue weighted by atomic mass is 16.3. The van der Waals surface area contributed by atoms with Crippen LogP contribution < -0.4 is 10.2 Å². The molecule has 2 N–H and O–H groups in total. The number of rotatable bonds is 4. The standard InChI is InChI=1S/C14H21N3O/c18-13-2-1-7-17(10-13)14-6-3-11(9-16-14)8-15-12-4-5-12/h3,6,9,12-13,15,18H,1-2,4-5,7-8,10H2. The van der Waals surface area contributed by atoms with E-state index in [-0.39, 0.29) is 6.10 Å². The number of aliphatic hydroxyl groups excluding tert-OH is 1. The van der Waals surface area contributed by atoms with Crippen molar-refractivity contribution in [1.82, 2.24) is 10.3 Å². The van der Waals surface area contributed by atoms with Crippen molar-refractivity contribution in [2.75, 3.05) is 18.0 Å². The predicted octanol–water partition coefficient (Wildman–Crippen LogP) is 1.29. The van der Waals surface area contributed by atoms with E-state index >= 15 is 0 Å². The Balaban J connectivity index is 1.58. The summed E-state index contributed by atoms with van der Waals surface area (Å²) in [7, 11) is 0. The monoisotopic (exact) mass is 247 g/mol. The molecule has 1 saturated carbocycles. The second-order valence-corrected chi connectivity index (χ2v) is 5.42. The van der Waals surface area contributed by atoms with Gasteiger partial charge in [-0.2, -0.15) is 0 Å². The van der Waals surface area contributed by atoms with Crippen molar-refractivity contribution in [2.24, 2.45) is 0 Å². The van der Waals surface area contributed by atoms with Gasteiger partial charge in [-0.3, -0.25) is 0 Å². The predicted molar refractivity (Wildman–Crippen MR) is 71.6 cm³/mol. The molecular weight excluding hydrogens is 226 g/mol. The van der Waals surface area contributed by atoms with Gasteiger partial charge in [0.25, 0.3) is 0 Å². The SMILES string of the molecule is OC1CCCN(c2ccc(CNC3CC3)cn2)C1. The molecule has 4 nitrogen and oxygen atoms in total. The third kappa shape index (κ3) is 3.00. The van der Waals surface area contributed by atoms with E-state index in [0.717, 1.165) is 37.8 Å². The van der Waals surface area contributed by atoms with Crippen LogP contribution in [0.15, 0.2) is 18.3 Å². The van der Waals surface area contributed by atoms with Crippen LogP contribution in [0.1, 0.15) is 31.2 Å². The molecule has 98 valence electrons. The molecule has 2 fully saturated rings. The number of nitrogens with one attached hydrogen (secondary N) is 1. The Hall–Kier alpha value is -1.13. The van der Waals surface area contributed by atoms with E-state index in [9.17, 15) is 5.11 Å². The maximum Gasteiger partial charge on any atom is 0.128 e. The van der Waals surface area contributed by atoms with Crippen LogP contribution in [-0.2, 0) is 6.54 Å². The van der Waals surface area contributed by atoms with Crippen LogP contribution in [0.2, 0.25) is 0 Å². The fourth-order valence-corrected chi connectivity index (χ4v) is 2.42. The Kier molecular flexibility index (Phi) is 3.48. The summed E-state index contributed by atoms with van der Waals surface area (Å²) in [4.78, 5) is 6.68. The van der Waals surface area contributed by atoms with Crippen LogP contribution in [0.4, 0.5) is 5.82 Å². The average Bonchev–Trinajstić information content (AvgIpc) is 3.21. The first-order chi connectivity index (χ1) is 8.81. The molecule has 0 amide bonds. The van der Waals surface area contributed by atoms with Gasteiger partial charge in [0.2, 0.25) is 0 Å². The van der Waals surface area contributed by atoms with Gasteiger partial charge in [-0.25, -0.2) is 4.98 Å². The third-order valence-electron chi connectivity index (χ3n) is 3.70. The van der Waals surface area contributed by atoms with E-state index in [1.807, 2.05) is 6.20 Å². The van der Waals surface area contributed by atoms with Crippen LogP contribution in [0.3, 0.4) is 0 Å². The Labute approximate surface area is 108 Å². The summed E-state index contributed by atoms with van der Waals surface area (Å²) >= 11 is 0. The van der Waals surface area contributed by atoms with Crippen molar-refractivity contribution in [2.45, 2.75) is 44.4 Å². The number of hydrogen-bond donors (Lipinski definition) is 2. The minimum absolute atomic E-state index is 0.197. The first kappa shape index (κ1) is 11.9. The minimum atomic E-state index is -0.197. The summed E-state index contributed by atoms with van der Waals surface area (Å²) in [6.45, 7) is 2.64. The molecule has 1 aliphatic carbocycles. The van der Waals surface area contributed by atoms with Crippen molar-refractivity contribution in [3.63, 3.8) is 0 Å². The lowest BCUT2D eigenvalue weighted by atomic mass is 10.1. The second-order valence-electron chi connectivity index (χ2n) is 5.42. The van der Waals surface area contributed by atoms with Gasteiger partial charge in [-0.1, -0.05) is 6.07 Å². The van der Waals surface area contributed by atoms with Crippen molar-refractivity contribution in [1.29, 1.82) is 0 Å². The van der Waals surface area contributed by atoms with Gasteiger partial charge in [-0.15, -0.1) is 0 Å². The zero-order valence-electron chi connectivity index (χ0n) is 10.7. The van der Waals surface area contributed by atoms with Gasteiger partial charge >= 0.3 is 0 Å². The number of aliphatic hydroxyl groups is 1. The molecule has 1 unspecified atom stereocenters. The topological polar surface area (TPSA) is 48.4 Å². The zero-order valence-corrected chi connectivity index (χ0v) is 10.7. The normalized spacial score (nSPS) is 24.3. The number of β-amino-alcohol motifs (C(OH)–C–C–N with tert-alkyl or cyclic N) is 1. The van der Waals surface area contributed by atoms with E-state index in [1.165, 1.54) is 18.4 Å². The van der Waals surface area contributed by atoms with E-state index in [0.29, 0.717) is 6.54 Å². The quantitative estimate of drug-likeness (QED) is 0.842. The molecule has 0 aromatic carbocycles. The second kappa shape index (κ2) is 5.24. The molecule has 2 aliphatic rings. The first-order valence-electron chi connectivity index (χ1n) is 6.92. The number of nitrogens with zero attached hydrogens (tertiary/aromatic N) is 2. The zero-order chi connectivity index (χ0) is 12.4. The number of anilines is 1. The fourth-order valence-electron chi connectivity index (χ4n) is 2.42. The molecule has 0 radical (unpaired) electrons. The molecule has 0 spiro atoms. The molecule has 0 bridgehead atoms. The molecule has 4 heteroatoms. The summed E-state index contributed by atoms with van der Waals surface area (Å²) in [5.74, 6) is 0.990. The summed E-state index contributed by atoms with van der Waals surface area (Å²) < 4.78 is 0. The summed E-state index contributed by atoms with van der Waals surface area (Å²) in [6.07, 6.45) is 6.35. The van der Waals surface area contributed by atoms with Gasteiger partial charge in [0, 0.05) is 31.9 Å². The molecule has 1 saturated heterocycles. The van der Waals surface area contributed by atoms with Gasteiger partial charge in [0.05, 0.1) is 6.10 Å². The highest BCUT2D eigenvalue weighted by Crippen LogP contribution is 2.20. The lowest BCUT2D eigenvalue weighted by molar-refractivity contribution is 0.154. The van der Waals surface area contributed by atoms with Crippen LogP contribution in [-0.4, -0.2) is 35.3 Å². The van der Waals surface area contributed by atoms with E-state index in [1.54, 1.807) is 0 Å². The average molecular weight is 247 g/mol. The maximum absolute atomic E-state index is 9.67. The van der Waals surface area contributed by atoms with Crippen LogP contribution in [0.5, 0.6) is 0 Å². The Morgan fingerprint density at radius 1 is 1.33 bits per heavy atom. The Morgan fingerprint density at radius 3 is 2.89 bits per heavy atom. The molecule has 3 rings (SSSR count). The van der Waals surface area contributed by atoms with Crippen molar-refractivity contribution >= 4 is 5.82 Å². The van der Waals surface area contributed by atoms with Gasteiger partial charge in [0.15, 0.2) is 0 Å².